The lowest BCUT2D eigenvalue weighted by atomic mass is 9.97. The van der Waals surface area contributed by atoms with E-state index in [4.69, 9.17) is 0 Å². The van der Waals surface area contributed by atoms with Crippen LogP contribution in [0.2, 0.25) is 0 Å². The van der Waals surface area contributed by atoms with Gasteiger partial charge in [-0.25, -0.2) is 0 Å². The molecule has 0 atom stereocenters. The highest BCUT2D eigenvalue weighted by molar-refractivity contribution is 5.64. The van der Waals surface area contributed by atoms with Crippen molar-refractivity contribution < 1.29 is 0 Å². The molecule has 0 radical (unpaired) electrons. The Hall–Kier alpha value is -3.12. The summed E-state index contributed by atoms with van der Waals surface area (Å²) in [5.74, 6) is 0. The monoisotopic (exact) mass is 334 g/mol. The molecule has 4 rings (SSSR count). The molecule has 0 heterocycles. The molecule has 26 heavy (non-hydrogen) atoms. The average molecular weight is 334 g/mol. The minimum absolute atomic E-state index is 0.973. The van der Waals surface area contributed by atoms with E-state index < -0.39 is 0 Å². The molecule has 0 saturated carbocycles. The Morgan fingerprint density at radius 3 is 1.46 bits per heavy atom. The van der Waals surface area contributed by atoms with E-state index in [1.165, 1.54) is 33.4 Å². The standard InChI is InChI=1S/C26H22/c1-3-8-21(9-4-1)18-23-14-16-25(17-15-23)26-13-7-12-24(20-26)19-22-10-5-2-6-11-22/h1-17,20H,18-19H2. The van der Waals surface area contributed by atoms with E-state index >= 15 is 0 Å². The first kappa shape index (κ1) is 16.4. The van der Waals surface area contributed by atoms with Gasteiger partial charge in [0, 0.05) is 0 Å². The number of benzene rings is 4. The molecule has 0 aliphatic carbocycles. The molecule has 0 bridgehead atoms. The second-order valence-corrected chi connectivity index (χ2v) is 6.72. The maximum absolute atomic E-state index is 2.30. The zero-order valence-corrected chi connectivity index (χ0v) is 14.8. The Morgan fingerprint density at radius 1 is 0.346 bits per heavy atom. The zero-order valence-electron chi connectivity index (χ0n) is 14.8. The Bertz CT molecular complexity index is 952. The SMILES string of the molecule is c1ccc(Cc2ccc(-c3cccc(Cc4ccccc4)c3)cc2)cc1. The van der Waals surface area contributed by atoms with Gasteiger partial charge in [-0.2, -0.15) is 0 Å². The third-order valence-electron chi connectivity index (χ3n) is 4.72. The lowest BCUT2D eigenvalue weighted by Crippen LogP contribution is -1.90. The van der Waals surface area contributed by atoms with Crippen molar-refractivity contribution in [3.05, 3.63) is 131 Å². The quantitative estimate of drug-likeness (QED) is 0.389. The van der Waals surface area contributed by atoms with Crippen LogP contribution >= 0.6 is 0 Å². The van der Waals surface area contributed by atoms with Crippen LogP contribution in [-0.2, 0) is 12.8 Å². The van der Waals surface area contributed by atoms with Crippen LogP contribution in [0.3, 0.4) is 0 Å². The predicted molar refractivity (Wildman–Crippen MR) is 110 cm³/mol. The van der Waals surface area contributed by atoms with Gasteiger partial charge in [0.05, 0.1) is 0 Å². The van der Waals surface area contributed by atoms with Gasteiger partial charge in [-0.1, -0.05) is 109 Å². The van der Waals surface area contributed by atoms with Crippen LogP contribution in [0.1, 0.15) is 22.3 Å². The van der Waals surface area contributed by atoms with Crippen molar-refractivity contribution >= 4 is 0 Å². The molecule has 0 spiro atoms. The highest BCUT2D eigenvalue weighted by Gasteiger charge is 2.02. The lowest BCUT2D eigenvalue weighted by molar-refractivity contribution is 1.19. The third-order valence-corrected chi connectivity index (χ3v) is 4.72. The summed E-state index contributed by atoms with van der Waals surface area (Å²) in [6, 6.07) is 39.1. The van der Waals surface area contributed by atoms with Gasteiger partial charge in [-0.15, -0.1) is 0 Å². The molecule has 0 aromatic heterocycles. The molecule has 0 N–H and O–H groups in total. The molecule has 0 aliphatic rings. The van der Waals surface area contributed by atoms with E-state index in [0.717, 1.165) is 12.8 Å². The fourth-order valence-electron chi connectivity index (χ4n) is 3.34. The van der Waals surface area contributed by atoms with Crippen molar-refractivity contribution in [3.8, 4) is 11.1 Å². The van der Waals surface area contributed by atoms with E-state index in [2.05, 4.69) is 109 Å². The number of hydrogen-bond donors (Lipinski definition) is 0. The Balaban J connectivity index is 1.51. The molecule has 0 amide bonds. The lowest BCUT2D eigenvalue weighted by Gasteiger charge is -2.08. The third kappa shape index (κ3) is 4.10. The van der Waals surface area contributed by atoms with E-state index in [9.17, 15) is 0 Å². The highest BCUT2D eigenvalue weighted by atomic mass is 14.1. The van der Waals surface area contributed by atoms with E-state index in [-0.39, 0.29) is 0 Å². The van der Waals surface area contributed by atoms with Gasteiger partial charge in [0.25, 0.3) is 0 Å². The van der Waals surface area contributed by atoms with E-state index in [0.29, 0.717) is 0 Å². The van der Waals surface area contributed by atoms with E-state index in [1.54, 1.807) is 0 Å². The second-order valence-electron chi connectivity index (χ2n) is 6.72. The van der Waals surface area contributed by atoms with Crippen molar-refractivity contribution in [1.82, 2.24) is 0 Å². The first-order valence-electron chi connectivity index (χ1n) is 9.13. The maximum atomic E-state index is 2.30. The minimum Gasteiger partial charge on any atom is -0.0622 e. The topological polar surface area (TPSA) is 0 Å². The summed E-state index contributed by atoms with van der Waals surface area (Å²) in [4.78, 5) is 0. The number of hydrogen-bond acceptors (Lipinski definition) is 0. The van der Waals surface area contributed by atoms with Crippen LogP contribution in [0.5, 0.6) is 0 Å². The molecule has 4 aromatic rings. The Labute approximate surface area is 155 Å². The predicted octanol–water partition coefficient (Wildman–Crippen LogP) is 6.54. The van der Waals surface area contributed by atoms with Crippen LogP contribution in [0.25, 0.3) is 11.1 Å². The van der Waals surface area contributed by atoms with Crippen LogP contribution < -0.4 is 0 Å². The summed E-state index contributed by atoms with van der Waals surface area (Å²) >= 11 is 0. The summed E-state index contributed by atoms with van der Waals surface area (Å²) in [5, 5.41) is 0. The molecule has 4 aromatic carbocycles. The first-order chi connectivity index (χ1) is 12.9. The largest absolute Gasteiger partial charge is 0.0622 e. The summed E-state index contributed by atoms with van der Waals surface area (Å²) < 4.78 is 0. The van der Waals surface area contributed by atoms with Crippen molar-refractivity contribution in [2.45, 2.75) is 12.8 Å². The fourth-order valence-corrected chi connectivity index (χ4v) is 3.34. The van der Waals surface area contributed by atoms with Gasteiger partial charge < -0.3 is 0 Å². The van der Waals surface area contributed by atoms with Crippen molar-refractivity contribution in [2.24, 2.45) is 0 Å². The first-order valence-corrected chi connectivity index (χ1v) is 9.13. The van der Waals surface area contributed by atoms with Gasteiger partial charge in [0.2, 0.25) is 0 Å². The smallest absolute Gasteiger partial charge is 0.00256 e. The van der Waals surface area contributed by atoms with Gasteiger partial charge in [0.1, 0.15) is 0 Å². The molecule has 0 nitrogen and oxygen atoms in total. The summed E-state index contributed by atoms with van der Waals surface area (Å²) in [6.45, 7) is 0. The normalized spacial score (nSPS) is 10.6. The zero-order chi connectivity index (χ0) is 17.6. The Morgan fingerprint density at radius 2 is 0.846 bits per heavy atom. The van der Waals surface area contributed by atoms with Crippen LogP contribution in [0.15, 0.2) is 109 Å². The van der Waals surface area contributed by atoms with Crippen molar-refractivity contribution in [3.63, 3.8) is 0 Å². The minimum atomic E-state index is 0.973. The van der Waals surface area contributed by atoms with Crippen LogP contribution in [-0.4, -0.2) is 0 Å². The molecule has 0 heteroatoms. The van der Waals surface area contributed by atoms with Gasteiger partial charge in [-0.3, -0.25) is 0 Å². The van der Waals surface area contributed by atoms with Gasteiger partial charge in [-0.05, 0) is 46.2 Å². The van der Waals surface area contributed by atoms with Gasteiger partial charge in [0.15, 0.2) is 0 Å². The summed E-state index contributed by atoms with van der Waals surface area (Å²) in [5.41, 5.74) is 7.96. The van der Waals surface area contributed by atoms with Crippen molar-refractivity contribution in [2.75, 3.05) is 0 Å². The van der Waals surface area contributed by atoms with E-state index in [1.807, 2.05) is 0 Å². The molecular formula is C26H22. The van der Waals surface area contributed by atoms with Gasteiger partial charge >= 0.3 is 0 Å². The molecule has 0 fully saturated rings. The molecule has 0 aliphatic heterocycles. The molecule has 126 valence electrons. The molecule has 0 unspecified atom stereocenters. The maximum Gasteiger partial charge on any atom is -0.00256 e. The summed E-state index contributed by atoms with van der Waals surface area (Å²) in [7, 11) is 0. The number of rotatable bonds is 5. The molecular weight excluding hydrogens is 312 g/mol. The van der Waals surface area contributed by atoms with Crippen LogP contribution in [0, 0.1) is 0 Å². The van der Waals surface area contributed by atoms with Crippen molar-refractivity contribution in [1.29, 1.82) is 0 Å². The average Bonchev–Trinajstić information content (AvgIpc) is 2.70. The highest BCUT2D eigenvalue weighted by Crippen LogP contribution is 2.23. The van der Waals surface area contributed by atoms with Crippen LogP contribution in [0.4, 0.5) is 0 Å². The fraction of sp³-hybridized carbons (Fsp3) is 0.0769. The summed E-state index contributed by atoms with van der Waals surface area (Å²) in [6.07, 6.45) is 1.95. The second kappa shape index (κ2) is 7.84. The molecule has 0 saturated heterocycles. The Kier molecular flexibility index (Phi) is 4.93.